The highest BCUT2D eigenvalue weighted by Gasteiger charge is 2.44. The maximum Gasteiger partial charge on any atom is 0.173 e. The number of fused-ring (bicyclic) bond motifs is 3. The number of oxime groups is 1. The molecular weight excluding hydrogens is 386 g/mol. The number of halogens is 1. The molecule has 3 aliphatic heterocycles. The van der Waals surface area contributed by atoms with Gasteiger partial charge in [-0.2, -0.15) is 0 Å². The molecule has 2 aromatic carbocycles. The van der Waals surface area contributed by atoms with Gasteiger partial charge < -0.3 is 14.9 Å². The number of hydrogen-bond donors (Lipinski definition) is 1. The van der Waals surface area contributed by atoms with Gasteiger partial charge in [0.2, 0.25) is 0 Å². The summed E-state index contributed by atoms with van der Waals surface area (Å²) in [5, 5.41) is 9.60. The first kappa shape index (κ1) is 17.2. The van der Waals surface area contributed by atoms with Crippen LogP contribution in [-0.2, 0) is 11.3 Å². The van der Waals surface area contributed by atoms with Crippen LogP contribution in [0.1, 0.15) is 12.0 Å². The first-order valence-electron chi connectivity index (χ1n) is 10.0. The third kappa shape index (κ3) is 2.80. The topological polar surface area (TPSA) is 55.7 Å². The molecule has 4 heterocycles. The van der Waals surface area contributed by atoms with Gasteiger partial charge in [-0.05, 0) is 29.8 Å². The van der Waals surface area contributed by atoms with Crippen molar-refractivity contribution in [1.82, 2.24) is 10.3 Å². The molecule has 6 rings (SSSR count). The summed E-state index contributed by atoms with van der Waals surface area (Å²) in [6.45, 7) is 1.86. The lowest BCUT2D eigenvalue weighted by Gasteiger charge is -2.26. The van der Waals surface area contributed by atoms with Crippen LogP contribution in [0.3, 0.4) is 0 Å². The third-order valence-corrected chi connectivity index (χ3v) is 6.38. The van der Waals surface area contributed by atoms with Crippen molar-refractivity contribution in [3.05, 3.63) is 59.2 Å². The fraction of sp³-hybridized carbons (Fsp3) is 0.304. The van der Waals surface area contributed by atoms with Crippen molar-refractivity contribution in [1.29, 1.82) is 0 Å². The Morgan fingerprint density at radius 2 is 2.03 bits per heavy atom. The molecule has 5 nitrogen and oxygen atoms in total. The SMILES string of the molecule is Clc1cc2c(c(-c3ccnc4ccccc34)c1)O[C@@H](C1ON=C3CCNCC31)C2. The molecule has 0 spiro atoms. The second-order valence-electron chi connectivity index (χ2n) is 7.89. The molecule has 1 N–H and O–H groups in total. The summed E-state index contributed by atoms with van der Waals surface area (Å²) < 4.78 is 6.52. The summed E-state index contributed by atoms with van der Waals surface area (Å²) in [5.41, 5.74) is 5.33. The van der Waals surface area contributed by atoms with E-state index < -0.39 is 0 Å². The lowest BCUT2D eigenvalue weighted by Crippen LogP contribution is -2.46. The van der Waals surface area contributed by atoms with Crippen LogP contribution in [0.25, 0.3) is 22.0 Å². The van der Waals surface area contributed by atoms with Gasteiger partial charge in [0, 0.05) is 53.7 Å². The first-order valence-corrected chi connectivity index (χ1v) is 10.4. The van der Waals surface area contributed by atoms with Gasteiger partial charge in [-0.25, -0.2) is 0 Å². The number of hydrogen-bond acceptors (Lipinski definition) is 5. The molecule has 6 heteroatoms. The van der Waals surface area contributed by atoms with Gasteiger partial charge in [0.05, 0.1) is 17.1 Å². The van der Waals surface area contributed by atoms with Crippen LogP contribution in [-0.4, -0.2) is 36.0 Å². The number of benzene rings is 2. The minimum Gasteiger partial charge on any atom is -0.485 e. The number of aromatic nitrogens is 1. The molecule has 3 atom stereocenters. The number of ether oxygens (including phenoxy) is 1. The van der Waals surface area contributed by atoms with Gasteiger partial charge in [0.15, 0.2) is 6.10 Å². The second-order valence-corrected chi connectivity index (χ2v) is 8.33. The van der Waals surface area contributed by atoms with Crippen LogP contribution in [0.2, 0.25) is 5.02 Å². The maximum atomic E-state index is 6.52. The smallest absolute Gasteiger partial charge is 0.173 e. The molecule has 0 aliphatic carbocycles. The fourth-order valence-corrected chi connectivity index (χ4v) is 5.03. The van der Waals surface area contributed by atoms with E-state index in [0.717, 1.165) is 65.0 Å². The van der Waals surface area contributed by atoms with E-state index >= 15 is 0 Å². The van der Waals surface area contributed by atoms with E-state index in [4.69, 9.17) is 21.2 Å². The number of para-hydroxylation sites is 1. The van der Waals surface area contributed by atoms with Crippen molar-refractivity contribution in [2.75, 3.05) is 13.1 Å². The first-order chi connectivity index (χ1) is 14.3. The van der Waals surface area contributed by atoms with Crippen LogP contribution < -0.4 is 10.1 Å². The average Bonchev–Trinajstić information content (AvgIpc) is 3.36. The van der Waals surface area contributed by atoms with Gasteiger partial charge in [-0.3, -0.25) is 4.98 Å². The van der Waals surface area contributed by atoms with Gasteiger partial charge in [-0.1, -0.05) is 35.0 Å². The largest absolute Gasteiger partial charge is 0.485 e. The Labute approximate surface area is 173 Å². The molecule has 146 valence electrons. The Kier molecular flexibility index (Phi) is 3.99. The van der Waals surface area contributed by atoms with Crippen LogP contribution in [0.5, 0.6) is 5.75 Å². The summed E-state index contributed by atoms with van der Waals surface area (Å²) in [5.74, 6) is 1.18. The van der Waals surface area contributed by atoms with Crippen molar-refractivity contribution in [3.8, 4) is 16.9 Å². The van der Waals surface area contributed by atoms with E-state index in [1.807, 2.05) is 42.6 Å². The Hall–Kier alpha value is -2.63. The predicted octanol–water partition coefficient (Wildman–Crippen LogP) is 4.22. The summed E-state index contributed by atoms with van der Waals surface area (Å²) in [6.07, 6.45) is 3.43. The second kappa shape index (κ2) is 6.71. The molecule has 3 aliphatic rings. The standard InChI is InChI=1S/C23H20ClN3O2/c24-14-9-13-10-21(23-18-12-25-7-6-20(18)27-29-23)28-22(13)17(11-14)15-5-8-26-19-4-2-1-3-16(15)19/h1-5,8-9,11,18,21,23,25H,6-7,10,12H2/t18?,21-,23?/m1/s1. The molecule has 0 bridgehead atoms. The monoisotopic (exact) mass is 405 g/mol. The van der Waals surface area contributed by atoms with Crippen molar-refractivity contribution in [3.63, 3.8) is 0 Å². The molecule has 3 aromatic rings. The molecule has 0 radical (unpaired) electrons. The van der Waals surface area contributed by atoms with E-state index in [-0.39, 0.29) is 18.1 Å². The Morgan fingerprint density at radius 3 is 3.00 bits per heavy atom. The van der Waals surface area contributed by atoms with Crippen LogP contribution in [0.4, 0.5) is 0 Å². The summed E-state index contributed by atoms with van der Waals surface area (Å²) >= 11 is 6.51. The lowest BCUT2D eigenvalue weighted by molar-refractivity contribution is -0.0147. The number of piperidine rings is 1. The van der Waals surface area contributed by atoms with Crippen LogP contribution in [0, 0.1) is 5.92 Å². The van der Waals surface area contributed by atoms with Crippen LogP contribution in [0.15, 0.2) is 53.8 Å². The predicted molar refractivity (Wildman–Crippen MR) is 114 cm³/mol. The van der Waals surface area contributed by atoms with Gasteiger partial charge >= 0.3 is 0 Å². The maximum absolute atomic E-state index is 6.52. The zero-order valence-corrected chi connectivity index (χ0v) is 16.5. The summed E-state index contributed by atoms with van der Waals surface area (Å²) in [6, 6.07) is 14.2. The Bertz CT molecular complexity index is 1140. The number of pyridine rings is 1. The Balaban J connectivity index is 1.40. The highest BCUT2D eigenvalue weighted by molar-refractivity contribution is 6.31. The minimum atomic E-state index is -0.0681. The van der Waals surface area contributed by atoms with Gasteiger partial charge in [0.1, 0.15) is 11.9 Å². The van der Waals surface area contributed by atoms with E-state index in [0.29, 0.717) is 5.02 Å². The average molecular weight is 406 g/mol. The number of nitrogens with one attached hydrogen (secondary N) is 1. The quantitative estimate of drug-likeness (QED) is 0.693. The molecule has 0 saturated carbocycles. The van der Waals surface area contributed by atoms with Crippen LogP contribution >= 0.6 is 11.6 Å². The third-order valence-electron chi connectivity index (χ3n) is 6.17. The van der Waals surface area contributed by atoms with Crippen molar-refractivity contribution < 1.29 is 9.57 Å². The van der Waals surface area contributed by atoms with E-state index in [1.165, 1.54) is 0 Å². The zero-order valence-electron chi connectivity index (χ0n) is 15.8. The molecule has 1 saturated heterocycles. The van der Waals surface area contributed by atoms with E-state index in [1.54, 1.807) is 0 Å². The molecule has 1 fully saturated rings. The number of rotatable bonds is 2. The highest BCUT2D eigenvalue weighted by Crippen LogP contribution is 2.44. The van der Waals surface area contributed by atoms with Crippen molar-refractivity contribution >= 4 is 28.2 Å². The van der Waals surface area contributed by atoms with Gasteiger partial charge in [-0.15, -0.1) is 0 Å². The minimum absolute atomic E-state index is 0.0639. The Morgan fingerprint density at radius 1 is 1.10 bits per heavy atom. The lowest BCUT2D eigenvalue weighted by atomic mass is 9.88. The summed E-state index contributed by atoms with van der Waals surface area (Å²) in [4.78, 5) is 10.3. The summed E-state index contributed by atoms with van der Waals surface area (Å²) in [7, 11) is 0. The highest BCUT2D eigenvalue weighted by atomic mass is 35.5. The molecule has 0 amide bonds. The normalized spacial score (nSPS) is 25.1. The van der Waals surface area contributed by atoms with Gasteiger partial charge in [0.25, 0.3) is 0 Å². The molecule has 2 unspecified atom stereocenters. The van der Waals surface area contributed by atoms with Crippen molar-refractivity contribution in [2.45, 2.75) is 25.0 Å². The molecule has 29 heavy (non-hydrogen) atoms. The van der Waals surface area contributed by atoms with E-state index in [2.05, 4.69) is 21.5 Å². The fourth-order valence-electron chi connectivity index (χ4n) is 4.79. The molecule has 1 aromatic heterocycles. The zero-order chi connectivity index (χ0) is 19.4. The van der Waals surface area contributed by atoms with Crippen molar-refractivity contribution in [2.24, 2.45) is 11.1 Å². The van der Waals surface area contributed by atoms with E-state index in [9.17, 15) is 0 Å². The number of nitrogens with zero attached hydrogens (tertiary/aromatic N) is 2. The molecular formula is C23H20ClN3O2.